The highest BCUT2D eigenvalue weighted by Gasteiger charge is 2.17. The van der Waals surface area contributed by atoms with Crippen LogP contribution in [0.2, 0.25) is 5.02 Å². The van der Waals surface area contributed by atoms with Gasteiger partial charge >= 0.3 is 0 Å². The van der Waals surface area contributed by atoms with Crippen molar-refractivity contribution in [2.45, 2.75) is 26.3 Å². The standard InChI is InChI=1S/C19H20ClNO3/c1-2-21(12-14-7-9-17-18(11-14)24-13-23-17)19(22)10-8-15-5-3-4-6-16(15)20/h3-7,9,11H,2,8,10,12-13H2,1H3. The van der Waals surface area contributed by atoms with Crippen LogP contribution >= 0.6 is 11.6 Å². The third kappa shape index (κ3) is 3.82. The molecule has 4 nitrogen and oxygen atoms in total. The Morgan fingerprint density at radius 1 is 1.17 bits per heavy atom. The molecule has 5 heteroatoms. The first-order chi connectivity index (χ1) is 11.7. The monoisotopic (exact) mass is 345 g/mol. The minimum Gasteiger partial charge on any atom is -0.454 e. The number of fused-ring (bicyclic) bond motifs is 1. The summed E-state index contributed by atoms with van der Waals surface area (Å²) in [4.78, 5) is 14.4. The van der Waals surface area contributed by atoms with E-state index >= 15 is 0 Å². The van der Waals surface area contributed by atoms with Gasteiger partial charge in [0.05, 0.1) is 0 Å². The summed E-state index contributed by atoms with van der Waals surface area (Å²) >= 11 is 6.15. The van der Waals surface area contributed by atoms with E-state index < -0.39 is 0 Å². The van der Waals surface area contributed by atoms with Crippen molar-refractivity contribution in [1.29, 1.82) is 0 Å². The molecule has 1 heterocycles. The van der Waals surface area contributed by atoms with E-state index in [2.05, 4.69) is 0 Å². The molecule has 0 saturated heterocycles. The fraction of sp³-hybridized carbons (Fsp3) is 0.316. The maximum atomic E-state index is 12.5. The van der Waals surface area contributed by atoms with Crippen LogP contribution in [0.3, 0.4) is 0 Å². The average molecular weight is 346 g/mol. The molecule has 0 N–H and O–H groups in total. The molecule has 0 saturated carbocycles. The average Bonchev–Trinajstić information content (AvgIpc) is 3.06. The third-order valence-electron chi connectivity index (χ3n) is 4.11. The number of carbonyl (C=O) groups is 1. The summed E-state index contributed by atoms with van der Waals surface area (Å²) in [6, 6.07) is 13.4. The highest BCUT2D eigenvalue weighted by atomic mass is 35.5. The molecule has 0 aromatic heterocycles. The summed E-state index contributed by atoms with van der Waals surface area (Å²) in [5.41, 5.74) is 2.04. The van der Waals surface area contributed by atoms with E-state index in [-0.39, 0.29) is 12.7 Å². The van der Waals surface area contributed by atoms with Gasteiger partial charge in [0.25, 0.3) is 0 Å². The number of halogens is 1. The lowest BCUT2D eigenvalue weighted by Crippen LogP contribution is -2.30. The largest absolute Gasteiger partial charge is 0.454 e. The van der Waals surface area contributed by atoms with Gasteiger partial charge in [-0.05, 0) is 42.7 Å². The van der Waals surface area contributed by atoms with E-state index in [1.165, 1.54) is 0 Å². The van der Waals surface area contributed by atoms with Gasteiger partial charge in [0, 0.05) is 24.5 Å². The van der Waals surface area contributed by atoms with Crippen molar-refractivity contribution in [2.24, 2.45) is 0 Å². The summed E-state index contributed by atoms with van der Waals surface area (Å²) in [6.45, 7) is 3.47. The minimum absolute atomic E-state index is 0.120. The van der Waals surface area contributed by atoms with Crippen LogP contribution in [0.15, 0.2) is 42.5 Å². The van der Waals surface area contributed by atoms with Crippen molar-refractivity contribution in [3.8, 4) is 11.5 Å². The maximum Gasteiger partial charge on any atom is 0.231 e. The van der Waals surface area contributed by atoms with Crippen molar-refractivity contribution in [1.82, 2.24) is 4.90 Å². The zero-order valence-corrected chi connectivity index (χ0v) is 14.4. The summed E-state index contributed by atoms with van der Waals surface area (Å²) in [5, 5.41) is 0.712. The Labute approximate surface area is 146 Å². The minimum atomic E-state index is 0.120. The van der Waals surface area contributed by atoms with Crippen molar-refractivity contribution in [3.05, 3.63) is 58.6 Å². The van der Waals surface area contributed by atoms with Crippen molar-refractivity contribution in [3.63, 3.8) is 0 Å². The number of carbonyl (C=O) groups excluding carboxylic acids is 1. The number of hydrogen-bond donors (Lipinski definition) is 0. The molecule has 2 aromatic rings. The first-order valence-electron chi connectivity index (χ1n) is 8.07. The van der Waals surface area contributed by atoms with Crippen LogP contribution < -0.4 is 9.47 Å². The molecule has 3 rings (SSSR count). The summed E-state index contributed by atoms with van der Waals surface area (Å²) < 4.78 is 10.7. The number of benzene rings is 2. The van der Waals surface area contributed by atoms with Crippen LogP contribution in [0.1, 0.15) is 24.5 Å². The van der Waals surface area contributed by atoms with Crippen LogP contribution in [-0.4, -0.2) is 24.1 Å². The van der Waals surface area contributed by atoms with Gasteiger partial charge in [0.15, 0.2) is 11.5 Å². The molecular weight excluding hydrogens is 326 g/mol. The Morgan fingerprint density at radius 3 is 2.75 bits per heavy atom. The Balaban J connectivity index is 1.61. The highest BCUT2D eigenvalue weighted by molar-refractivity contribution is 6.31. The van der Waals surface area contributed by atoms with Gasteiger partial charge in [-0.15, -0.1) is 0 Å². The predicted molar refractivity (Wildman–Crippen MR) is 93.4 cm³/mol. The molecule has 1 aliphatic rings. The number of amides is 1. The van der Waals surface area contributed by atoms with E-state index in [1.807, 2.05) is 54.3 Å². The van der Waals surface area contributed by atoms with Crippen molar-refractivity contribution in [2.75, 3.05) is 13.3 Å². The van der Waals surface area contributed by atoms with Gasteiger partial charge in [-0.25, -0.2) is 0 Å². The van der Waals surface area contributed by atoms with Crippen molar-refractivity contribution < 1.29 is 14.3 Å². The predicted octanol–water partition coefficient (Wildman–Crippen LogP) is 4.05. The third-order valence-corrected chi connectivity index (χ3v) is 4.48. The van der Waals surface area contributed by atoms with Gasteiger partial charge in [-0.1, -0.05) is 35.9 Å². The number of nitrogens with zero attached hydrogens (tertiary/aromatic N) is 1. The van der Waals surface area contributed by atoms with Gasteiger partial charge in [-0.3, -0.25) is 4.79 Å². The molecule has 126 valence electrons. The highest BCUT2D eigenvalue weighted by Crippen LogP contribution is 2.32. The lowest BCUT2D eigenvalue weighted by atomic mass is 10.1. The van der Waals surface area contributed by atoms with Gasteiger partial charge in [-0.2, -0.15) is 0 Å². The van der Waals surface area contributed by atoms with Crippen LogP contribution in [0.25, 0.3) is 0 Å². The molecule has 0 bridgehead atoms. The number of aryl methyl sites for hydroxylation is 1. The second-order valence-corrected chi connectivity index (χ2v) is 6.09. The fourth-order valence-corrected chi connectivity index (χ4v) is 2.97. The lowest BCUT2D eigenvalue weighted by Gasteiger charge is -2.21. The molecule has 0 atom stereocenters. The van der Waals surface area contributed by atoms with E-state index in [0.29, 0.717) is 31.0 Å². The fourth-order valence-electron chi connectivity index (χ4n) is 2.74. The van der Waals surface area contributed by atoms with E-state index in [1.54, 1.807) is 0 Å². The molecule has 1 aliphatic heterocycles. The zero-order valence-electron chi connectivity index (χ0n) is 13.6. The van der Waals surface area contributed by atoms with E-state index in [4.69, 9.17) is 21.1 Å². The van der Waals surface area contributed by atoms with Crippen LogP contribution in [0.5, 0.6) is 11.5 Å². The molecular formula is C19H20ClNO3. The zero-order chi connectivity index (χ0) is 16.9. The summed E-state index contributed by atoms with van der Waals surface area (Å²) in [7, 11) is 0. The molecule has 24 heavy (non-hydrogen) atoms. The quantitative estimate of drug-likeness (QED) is 0.792. The van der Waals surface area contributed by atoms with Crippen LogP contribution in [0, 0.1) is 0 Å². The second kappa shape index (κ2) is 7.58. The first kappa shape index (κ1) is 16.7. The number of ether oxygens (including phenoxy) is 2. The van der Waals surface area contributed by atoms with Gasteiger partial charge in [0.2, 0.25) is 12.7 Å². The molecule has 2 aromatic carbocycles. The molecule has 0 aliphatic carbocycles. The Bertz CT molecular complexity index is 732. The molecule has 0 fully saturated rings. The second-order valence-electron chi connectivity index (χ2n) is 5.69. The van der Waals surface area contributed by atoms with Gasteiger partial charge in [0.1, 0.15) is 0 Å². The number of hydrogen-bond acceptors (Lipinski definition) is 3. The molecule has 0 spiro atoms. The summed E-state index contributed by atoms with van der Waals surface area (Å²) in [5.74, 6) is 1.62. The summed E-state index contributed by atoms with van der Waals surface area (Å²) in [6.07, 6.45) is 1.10. The van der Waals surface area contributed by atoms with Crippen LogP contribution in [-0.2, 0) is 17.8 Å². The Kier molecular flexibility index (Phi) is 5.26. The van der Waals surface area contributed by atoms with E-state index in [0.717, 1.165) is 22.6 Å². The number of rotatable bonds is 6. The Morgan fingerprint density at radius 2 is 1.96 bits per heavy atom. The van der Waals surface area contributed by atoms with Crippen molar-refractivity contribution >= 4 is 17.5 Å². The maximum absolute atomic E-state index is 12.5. The molecule has 0 unspecified atom stereocenters. The Hall–Kier alpha value is -2.20. The SMILES string of the molecule is CCN(Cc1ccc2c(c1)OCO2)C(=O)CCc1ccccc1Cl. The van der Waals surface area contributed by atoms with Crippen LogP contribution in [0.4, 0.5) is 0 Å². The topological polar surface area (TPSA) is 38.8 Å². The van der Waals surface area contributed by atoms with E-state index in [9.17, 15) is 4.79 Å². The smallest absolute Gasteiger partial charge is 0.231 e. The lowest BCUT2D eigenvalue weighted by molar-refractivity contribution is -0.131. The van der Waals surface area contributed by atoms with Gasteiger partial charge < -0.3 is 14.4 Å². The first-order valence-corrected chi connectivity index (χ1v) is 8.45. The molecule has 1 amide bonds. The molecule has 0 radical (unpaired) electrons. The normalized spacial score (nSPS) is 12.2.